The average Bonchev–Trinajstić information content (AvgIpc) is 2.66. The minimum absolute atomic E-state index is 0.0425. The van der Waals surface area contributed by atoms with Gasteiger partial charge in [0.1, 0.15) is 24.0 Å². The number of amides is 1. The van der Waals surface area contributed by atoms with E-state index in [-0.39, 0.29) is 18.2 Å². The number of carbonyl (C=O) groups excluding carboxylic acids is 1. The molecular weight excluding hydrogens is 439 g/mol. The largest absolute Gasteiger partial charge is 0.480 e. The summed E-state index contributed by atoms with van der Waals surface area (Å²) in [5.74, 6) is 2.67. The lowest BCUT2D eigenvalue weighted by Crippen LogP contribution is -2.27. The number of halogens is 1. The van der Waals surface area contributed by atoms with Crippen LogP contribution in [0.25, 0.3) is 6.08 Å². The Hall–Kier alpha value is -2.77. The molecule has 2 aromatic carbocycles. The number of nitriles is 1. The van der Waals surface area contributed by atoms with E-state index in [0.29, 0.717) is 5.75 Å². The Morgan fingerprint density at radius 2 is 2.08 bits per heavy atom. The maximum Gasteiger partial charge on any atom is 0.262 e. The third-order valence-corrected chi connectivity index (χ3v) is 4.43. The molecule has 0 saturated heterocycles. The summed E-state index contributed by atoms with van der Waals surface area (Å²) in [5, 5.41) is 12.2. The Morgan fingerprint density at radius 3 is 2.69 bits per heavy atom. The molecule has 1 amide bonds. The fraction of sp³-hybridized carbons (Fsp3) is 0.143. The van der Waals surface area contributed by atoms with Crippen LogP contribution in [-0.2, 0) is 4.79 Å². The lowest BCUT2D eigenvalue weighted by atomic mass is 10.1. The monoisotopic (exact) mass is 456 g/mol. The maximum atomic E-state index is 12.4. The quantitative estimate of drug-likeness (QED) is 0.308. The van der Waals surface area contributed by atoms with Crippen molar-refractivity contribution in [1.29, 1.82) is 5.26 Å². The number of hydrogen-bond acceptors (Lipinski definition) is 3. The summed E-state index contributed by atoms with van der Waals surface area (Å²) in [4.78, 5) is 12.4. The van der Waals surface area contributed by atoms with Gasteiger partial charge < -0.3 is 10.1 Å². The van der Waals surface area contributed by atoms with E-state index in [2.05, 4.69) is 33.8 Å². The van der Waals surface area contributed by atoms with Crippen molar-refractivity contribution in [2.24, 2.45) is 0 Å². The van der Waals surface area contributed by atoms with Crippen LogP contribution in [0.2, 0.25) is 0 Å². The van der Waals surface area contributed by atoms with Crippen LogP contribution in [0.15, 0.2) is 54.1 Å². The molecule has 2 rings (SSSR count). The summed E-state index contributed by atoms with van der Waals surface area (Å²) in [6.07, 6.45) is 6.74. The first-order valence-corrected chi connectivity index (χ1v) is 8.96. The van der Waals surface area contributed by atoms with Gasteiger partial charge in [0.25, 0.3) is 5.91 Å². The zero-order valence-electron chi connectivity index (χ0n) is 14.2. The molecule has 130 valence electrons. The van der Waals surface area contributed by atoms with E-state index in [9.17, 15) is 10.1 Å². The fourth-order valence-corrected chi connectivity index (χ4v) is 2.95. The fourth-order valence-electron chi connectivity index (χ4n) is 2.26. The molecule has 0 aromatic heterocycles. The van der Waals surface area contributed by atoms with Crippen molar-refractivity contribution >= 4 is 34.6 Å². The second-order valence-electron chi connectivity index (χ2n) is 5.46. The second-order valence-corrected chi connectivity index (χ2v) is 6.62. The summed E-state index contributed by atoms with van der Waals surface area (Å²) in [7, 11) is 0. The molecule has 0 fully saturated rings. The van der Waals surface area contributed by atoms with Crippen LogP contribution in [0.5, 0.6) is 5.75 Å². The Morgan fingerprint density at radius 1 is 1.35 bits per heavy atom. The van der Waals surface area contributed by atoms with E-state index in [1.54, 1.807) is 18.2 Å². The van der Waals surface area contributed by atoms with E-state index in [0.717, 1.165) is 14.7 Å². The van der Waals surface area contributed by atoms with Crippen molar-refractivity contribution in [3.05, 3.63) is 68.8 Å². The molecule has 1 N–H and O–H groups in total. The molecule has 0 spiro atoms. The van der Waals surface area contributed by atoms with Gasteiger partial charge in [0.05, 0.1) is 9.61 Å². The molecule has 0 radical (unpaired) electrons. The number of hydrogen-bond donors (Lipinski definition) is 1. The standard InChI is InChI=1S/C21H17IN2O2/c1-3-11-26-20-10-9-16(13-19(20)22)12-18(14-23)21(25)24-15(2)17-7-5-4-6-8-17/h1,4-10,12-13,15H,11H2,2H3,(H,24,25)/b18-12-/t15-/m0/s1. The number of carbonyl (C=O) groups is 1. The van der Waals surface area contributed by atoms with Crippen LogP contribution in [0.3, 0.4) is 0 Å². The molecule has 0 aliphatic carbocycles. The summed E-state index contributed by atoms with van der Waals surface area (Å²) < 4.78 is 6.26. The first-order valence-electron chi connectivity index (χ1n) is 7.88. The van der Waals surface area contributed by atoms with Crippen LogP contribution in [0, 0.1) is 27.2 Å². The number of rotatable bonds is 6. The van der Waals surface area contributed by atoms with Gasteiger partial charge in [-0.05, 0) is 58.9 Å². The summed E-state index contributed by atoms with van der Waals surface area (Å²) in [6.45, 7) is 2.07. The van der Waals surface area contributed by atoms with Crippen molar-refractivity contribution in [3.8, 4) is 24.2 Å². The Balaban J connectivity index is 2.14. The van der Waals surface area contributed by atoms with Crippen LogP contribution in [0.1, 0.15) is 24.1 Å². The van der Waals surface area contributed by atoms with Crippen molar-refractivity contribution in [2.75, 3.05) is 6.61 Å². The first kappa shape index (κ1) is 19.6. The van der Waals surface area contributed by atoms with Crippen molar-refractivity contribution in [3.63, 3.8) is 0 Å². The molecule has 0 heterocycles. The summed E-state index contributed by atoms with van der Waals surface area (Å²) in [5.41, 5.74) is 1.75. The topological polar surface area (TPSA) is 62.1 Å². The minimum Gasteiger partial charge on any atom is -0.480 e. The Bertz CT molecular complexity index is 892. The molecule has 0 saturated carbocycles. The van der Waals surface area contributed by atoms with Crippen LogP contribution < -0.4 is 10.1 Å². The molecule has 0 aliphatic heterocycles. The maximum absolute atomic E-state index is 12.4. The zero-order valence-corrected chi connectivity index (χ0v) is 16.4. The third-order valence-electron chi connectivity index (χ3n) is 3.59. The highest BCUT2D eigenvalue weighted by Crippen LogP contribution is 2.23. The van der Waals surface area contributed by atoms with Gasteiger partial charge in [-0.3, -0.25) is 4.79 Å². The normalized spacial score (nSPS) is 11.8. The predicted octanol–water partition coefficient (Wildman–Crippen LogP) is 4.09. The predicted molar refractivity (Wildman–Crippen MR) is 110 cm³/mol. The number of nitrogens with one attached hydrogen (secondary N) is 1. The van der Waals surface area contributed by atoms with Gasteiger partial charge in [-0.25, -0.2) is 0 Å². The van der Waals surface area contributed by atoms with E-state index >= 15 is 0 Å². The van der Waals surface area contributed by atoms with Crippen molar-refractivity contribution in [2.45, 2.75) is 13.0 Å². The van der Waals surface area contributed by atoms with Crippen LogP contribution in [0.4, 0.5) is 0 Å². The molecule has 2 aromatic rings. The highest BCUT2D eigenvalue weighted by atomic mass is 127. The van der Waals surface area contributed by atoms with Gasteiger partial charge in [0, 0.05) is 0 Å². The second kappa shape index (κ2) is 9.65. The SMILES string of the molecule is C#CCOc1ccc(/C=C(/C#N)C(=O)N[C@@H](C)c2ccccc2)cc1I. The molecule has 1 atom stereocenters. The molecule has 4 nitrogen and oxygen atoms in total. The molecule has 0 bridgehead atoms. The van der Waals surface area contributed by atoms with Gasteiger partial charge in [-0.1, -0.05) is 42.3 Å². The van der Waals surface area contributed by atoms with Gasteiger partial charge in [-0.15, -0.1) is 6.42 Å². The van der Waals surface area contributed by atoms with Crippen molar-refractivity contribution < 1.29 is 9.53 Å². The number of terminal acetylenes is 1. The molecular formula is C21H17IN2O2. The molecule has 5 heteroatoms. The van der Waals surface area contributed by atoms with Crippen LogP contribution in [-0.4, -0.2) is 12.5 Å². The van der Waals surface area contributed by atoms with E-state index in [4.69, 9.17) is 11.2 Å². The number of nitrogens with zero attached hydrogens (tertiary/aromatic N) is 1. The minimum atomic E-state index is -0.411. The molecule has 0 aliphatic rings. The van der Waals surface area contributed by atoms with E-state index in [1.165, 1.54) is 0 Å². The van der Waals surface area contributed by atoms with Gasteiger partial charge in [-0.2, -0.15) is 5.26 Å². The van der Waals surface area contributed by atoms with Crippen molar-refractivity contribution in [1.82, 2.24) is 5.32 Å². The molecule has 0 unspecified atom stereocenters. The Kier molecular flexibility index (Phi) is 7.25. The summed E-state index contributed by atoms with van der Waals surface area (Å²) >= 11 is 2.12. The van der Waals surface area contributed by atoms with E-state index in [1.807, 2.05) is 49.4 Å². The Labute approximate surface area is 167 Å². The molecule has 26 heavy (non-hydrogen) atoms. The summed E-state index contributed by atoms with van der Waals surface area (Å²) in [6, 6.07) is 16.7. The lowest BCUT2D eigenvalue weighted by Gasteiger charge is -2.13. The highest BCUT2D eigenvalue weighted by Gasteiger charge is 2.14. The van der Waals surface area contributed by atoms with Crippen LogP contribution >= 0.6 is 22.6 Å². The average molecular weight is 456 g/mol. The van der Waals surface area contributed by atoms with Gasteiger partial charge in [0.2, 0.25) is 0 Å². The van der Waals surface area contributed by atoms with E-state index < -0.39 is 5.91 Å². The third kappa shape index (κ3) is 5.37. The van der Waals surface area contributed by atoms with Gasteiger partial charge >= 0.3 is 0 Å². The van der Waals surface area contributed by atoms with Gasteiger partial charge in [0.15, 0.2) is 0 Å². The number of ether oxygens (including phenoxy) is 1. The lowest BCUT2D eigenvalue weighted by molar-refractivity contribution is -0.117. The zero-order chi connectivity index (χ0) is 18.9. The first-order chi connectivity index (χ1) is 12.5. The number of benzene rings is 2. The smallest absolute Gasteiger partial charge is 0.262 e. The highest BCUT2D eigenvalue weighted by molar-refractivity contribution is 14.1.